The fourth-order valence-corrected chi connectivity index (χ4v) is 1.69. The van der Waals surface area contributed by atoms with E-state index in [-0.39, 0.29) is 17.3 Å². The molecule has 0 saturated heterocycles. The van der Waals surface area contributed by atoms with Crippen molar-refractivity contribution in [3.8, 4) is 11.6 Å². The van der Waals surface area contributed by atoms with Gasteiger partial charge in [0.1, 0.15) is 0 Å². The van der Waals surface area contributed by atoms with Crippen LogP contribution in [0.3, 0.4) is 0 Å². The maximum absolute atomic E-state index is 13.5. The standard InChI is InChI=1S/C11H7BrClFN2O/c12-6-1-2-10(8(14)3-6)17-11-9(15)4-7(13)5-16-11/h1-5H,15H2. The SMILES string of the molecule is Nc1cc(Cl)cnc1Oc1ccc(Br)cc1F. The Bertz CT molecular complexity index is 516. The van der Waals surface area contributed by atoms with Gasteiger partial charge in [-0.15, -0.1) is 0 Å². The summed E-state index contributed by atoms with van der Waals surface area (Å²) in [4.78, 5) is 3.88. The molecule has 2 N–H and O–H groups in total. The minimum Gasteiger partial charge on any atom is -0.434 e. The van der Waals surface area contributed by atoms with E-state index in [0.717, 1.165) is 0 Å². The third-order valence-corrected chi connectivity index (χ3v) is 2.65. The van der Waals surface area contributed by atoms with Crippen LogP contribution in [0.25, 0.3) is 0 Å². The molecular formula is C11H7BrClFN2O. The second-order valence-electron chi connectivity index (χ2n) is 3.22. The number of nitrogens with zero attached hydrogens (tertiary/aromatic N) is 1. The minimum atomic E-state index is -0.504. The van der Waals surface area contributed by atoms with Gasteiger partial charge in [-0.3, -0.25) is 0 Å². The van der Waals surface area contributed by atoms with Gasteiger partial charge in [0.2, 0.25) is 5.88 Å². The smallest absolute Gasteiger partial charge is 0.242 e. The topological polar surface area (TPSA) is 48.1 Å². The van der Waals surface area contributed by atoms with Gasteiger partial charge in [-0.2, -0.15) is 0 Å². The van der Waals surface area contributed by atoms with E-state index < -0.39 is 5.82 Å². The lowest BCUT2D eigenvalue weighted by Crippen LogP contribution is -1.96. The molecule has 0 fully saturated rings. The van der Waals surface area contributed by atoms with Gasteiger partial charge in [-0.1, -0.05) is 27.5 Å². The molecule has 2 rings (SSSR count). The fraction of sp³-hybridized carbons (Fsp3) is 0. The molecule has 0 atom stereocenters. The highest BCUT2D eigenvalue weighted by Crippen LogP contribution is 2.29. The lowest BCUT2D eigenvalue weighted by atomic mass is 10.3. The summed E-state index contributed by atoms with van der Waals surface area (Å²) >= 11 is 8.85. The largest absolute Gasteiger partial charge is 0.434 e. The number of aromatic nitrogens is 1. The summed E-state index contributed by atoms with van der Waals surface area (Å²) in [5, 5.41) is 0.395. The number of rotatable bonds is 2. The molecule has 0 bridgehead atoms. The number of anilines is 1. The summed E-state index contributed by atoms with van der Waals surface area (Å²) in [5.41, 5.74) is 5.90. The van der Waals surface area contributed by atoms with Crippen molar-refractivity contribution in [1.82, 2.24) is 4.98 Å². The maximum Gasteiger partial charge on any atom is 0.242 e. The Kier molecular flexibility index (Phi) is 3.49. The first-order valence-electron chi connectivity index (χ1n) is 4.60. The lowest BCUT2D eigenvalue weighted by Gasteiger charge is -2.08. The molecule has 0 aliphatic carbocycles. The molecule has 0 amide bonds. The van der Waals surface area contributed by atoms with E-state index >= 15 is 0 Å². The minimum absolute atomic E-state index is 0.0507. The predicted molar refractivity (Wildman–Crippen MR) is 67.8 cm³/mol. The quantitative estimate of drug-likeness (QED) is 0.910. The molecular weight excluding hydrogens is 310 g/mol. The van der Waals surface area contributed by atoms with Crippen molar-refractivity contribution in [3.63, 3.8) is 0 Å². The van der Waals surface area contributed by atoms with Gasteiger partial charge in [0.15, 0.2) is 11.6 Å². The Balaban J connectivity index is 2.31. The summed E-state index contributed by atoms with van der Waals surface area (Å²) in [6.45, 7) is 0. The zero-order valence-corrected chi connectivity index (χ0v) is 10.8. The number of ether oxygens (including phenoxy) is 1. The van der Waals surface area contributed by atoms with Crippen LogP contribution in [0, 0.1) is 5.82 Å². The van der Waals surface area contributed by atoms with Gasteiger partial charge >= 0.3 is 0 Å². The first kappa shape index (κ1) is 12.1. The summed E-state index contributed by atoms with van der Waals surface area (Å²) in [6.07, 6.45) is 1.38. The van der Waals surface area contributed by atoms with Gasteiger partial charge in [0.05, 0.1) is 10.7 Å². The molecule has 0 radical (unpaired) electrons. The fourth-order valence-electron chi connectivity index (χ4n) is 1.19. The highest BCUT2D eigenvalue weighted by atomic mass is 79.9. The number of pyridine rings is 1. The molecule has 88 valence electrons. The van der Waals surface area contributed by atoms with Gasteiger partial charge in [0, 0.05) is 10.7 Å². The van der Waals surface area contributed by atoms with Gasteiger partial charge in [-0.25, -0.2) is 9.37 Å². The Morgan fingerprint density at radius 3 is 2.76 bits per heavy atom. The normalized spacial score (nSPS) is 10.3. The number of hydrogen-bond donors (Lipinski definition) is 1. The van der Waals surface area contributed by atoms with E-state index in [1.54, 1.807) is 6.07 Å². The van der Waals surface area contributed by atoms with E-state index in [1.807, 2.05) is 0 Å². The van der Waals surface area contributed by atoms with Crippen molar-refractivity contribution in [3.05, 3.63) is 45.8 Å². The van der Waals surface area contributed by atoms with Crippen LogP contribution < -0.4 is 10.5 Å². The molecule has 17 heavy (non-hydrogen) atoms. The summed E-state index contributed by atoms with van der Waals surface area (Å²) < 4.78 is 19.4. The molecule has 0 saturated carbocycles. The first-order chi connectivity index (χ1) is 8.06. The van der Waals surface area contributed by atoms with Crippen molar-refractivity contribution in [2.75, 3.05) is 5.73 Å². The zero-order chi connectivity index (χ0) is 12.4. The first-order valence-corrected chi connectivity index (χ1v) is 5.77. The number of hydrogen-bond acceptors (Lipinski definition) is 3. The van der Waals surface area contributed by atoms with E-state index in [4.69, 9.17) is 22.1 Å². The molecule has 3 nitrogen and oxygen atoms in total. The highest BCUT2D eigenvalue weighted by molar-refractivity contribution is 9.10. The Labute approximate surface area is 110 Å². The van der Waals surface area contributed by atoms with E-state index in [1.165, 1.54) is 24.4 Å². The van der Waals surface area contributed by atoms with Gasteiger partial charge in [0.25, 0.3) is 0 Å². The highest BCUT2D eigenvalue weighted by Gasteiger charge is 2.09. The van der Waals surface area contributed by atoms with E-state index in [2.05, 4.69) is 20.9 Å². The van der Waals surface area contributed by atoms with Gasteiger partial charge < -0.3 is 10.5 Å². The second kappa shape index (κ2) is 4.89. The van der Waals surface area contributed by atoms with E-state index in [0.29, 0.717) is 9.50 Å². The number of nitrogen functional groups attached to an aromatic ring is 1. The van der Waals surface area contributed by atoms with Crippen molar-refractivity contribution in [2.45, 2.75) is 0 Å². The van der Waals surface area contributed by atoms with Crippen LogP contribution in [-0.2, 0) is 0 Å². The lowest BCUT2D eigenvalue weighted by molar-refractivity contribution is 0.429. The Morgan fingerprint density at radius 2 is 2.12 bits per heavy atom. The van der Waals surface area contributed by atoms with Gasteiger partial charge in [-0.05, 0) is 24.3 Å². The monoisotopic (exact) mass is 316 g/mol. The summed E-state index contributed by atoms with van der Waals surface area (Å²) in [6, 6.07) is 5.92. The second-order valence-corrected chi connectivity index (χ2v) is 4.58. The third kappa shape index (κ3) is 2.87. The molecule has 6 heteroatoms. The van der Waals surface area contributed by atoms with Crippen LogP contribution in [0.15, 0.2) is 34.9 Å². The van der Waals surface area contributed by atoms with Crippen LogP contribution in [0.4, 0.5) is 10.1 Å². The van der Waals surface area contributed by atoms with Crippen LogP contribution in [0.5, 0.6) is 11.6 Å². The zero-order valence-electron chi connectivity index (χ0n) is 8.45. The molecule has 1 aromatic carbocycles. The maximum atomic E-state index is 13.5. The average molecular weight is 318 g/mol. The molecule has 0 spiro atoms. The predicted octanol–water partition coefficient (Wildman–Crippen LogP) is 4.01. The van der Waals surface area contributed by atoms with Crippen LogP contribution in [0.1, 0.15) is 0 Å². The summed E-state index contributed by atoms with van der Waals surface area (Å²) in [7, 11) is 0. The molecule has 0 unspecified atom stereocenters. The Morgan fingerprint density at radius 1 is 1.35 bits per heavy atom. The average Bonchev–Trinajstić information content (AvgIpc) is 2.25. The Hall–Kier alpha value is -1.33. The van der Waals surface area contributed by atoms with Crippen molar-refractivity contribution in [2.24, 2.45) is 0 Å². The van der Waals surface area contributed by atoms with Crippen molar-refractivity contribution < 1.29 is 9.13 Å². The number of halogens is 3. The molecule has 0 aliphatic rings. The van der Waals surface area contributed by atoms with Crippen molar-refractivity contribution >= 4 is 33.2 Å². The number of benzene rings is 1. The third-order valence-electron chi connectivity index (χ3n) is 1.95. The summed E-state index contributed by atoms with van der Waals surface area (Å²) in [5.74, 6) is -0.333. The molecule has 2 aromatic rings. The van der Waals surface area contributed by atoms with Crippen molar-refractivity contribution in [1.29, 1.82) is 0 Å². The molecule has 1 aromatic heterocycles. The van der Waals surface area contributed by atoms with Crippen LogP contribution in [0.2, 0.25) is 5.02 Å². The van der Waals surface area contributed by atoms with Crippen LogP contribution in [-0.4, -0.2) is 4.98 Å². The number of nitrogens with two attached hydrogens (primary N) is 1. The molecule has 0 aliphatic heterocycles. The van der Waals surface area contributed by atoms with E-state index in [9.17, 15) is 4.39 Å². The van der Waals surface area contributed by atoms with Crippen LogP contribution >= 0.6 is 27.5 Å². The molecule has 1 heterocycles.